The Morgan fingerprint density at radius 1 is 1.12 bits per heavy atom. The molecule has 86 valence electrons. The smallest absolute Gasteiger partial charge is 0.248 e. The summed E-state index contributed by atoms with van der Waals surface area (Å²) in [4.78, 5) is 11.1. The number of hydrogen-bond donors (Lipinski definition) is 2. The Morgan fingerprint density at radius 3 is 2.53 bits per heavy atom. The van der Waals surface area contributed by atoms with Crippen LogP contribution in [0.3, 0.4) is 0 Å². The van der Waals surface area contributed by atoms with Gasteiger partial charge in [0, 0.05) is 11.3 Å². The molecule has 2 rings (SSSR count). The van der Waals surface area contributed by atoms with Crippen molar-refractivity contribution in [3.63, 3.8) is 0 Å². The first kappa shape index (κ1) is 11.2. The quantitative estimate of drug-likeness (QED) is 0.772. The minimum absolute atomic E-state index is 0.423. The first-order valence-corrected chi connectivity index (χ1v) is 5.35. The number of carbonyl (C=O) groups is 1. The molecule has 4 N–H and O–H groups in total. The summed E-state index contributed by atoms with van der Waals surface area (Å²) >= 11 is 0. The van der Waals surface area contributed by atoms with Gasteiger partial charge in [-0.25, -0.2) is 0 Å². The topological polar surface area (TPSA) is 69.1 Å². The molecule has 0 saturated carbocycles. The number of primary amides is 1. The van der Waals surface area contributed by atoms with E-state index in [1.165, 1.54) is 0 Å². The minimum atomic E-state index is -0.423. The fraction of sp³-hybridized carbons (Fsp3) is 0.0714. The summed E-state index contributed by atoms with van der Waals surface area (Å²) in [5.41, 5.74) is 15.4. The first-order valence-electron chi connectivity index (χ1n) is 5.35. The number of nitrogen functional groups attached to an aromatic ring is 1. The molecule has 0 fully saturated rings. The van der Waals surface area contributed by atoms with Crippen LogP contribution < -0.4 is 11.5 Å². The van der Waals surface area contributed by atoms with E-state index in [-0.39, 0.29) is 0 Å². The number of carbonyl (C=O) groups excluding carboxylic acids is 1. The maximum atomic E-state index is 11.1. The fourth-order valence-electron chi connectivity index (χ4n) is 1.81. The Kier molecular flexibility index (Phi) is 2.83. The van der Waals surface area contributed by atoms with Crippen molar-refractivity contribution in [1.82, 2.24) is 0 Å². The largest absolute Gasteiger partial charge is 0.398 e. The molecule has 0 aliphatic heterocycles. The molecule has 0 unspecified atom stereocenters. The lowest BCUT2D eigenvalue weighted by molar-refractivity contribution is 0.100. The number of amides is 1. The summed E-state index contributed by atoms with van der Waals surface area (Å²) < 4.78 is 0. The molecule has 17 heavy (non-hydrogen) atoms. The van der Waals surface area contributed by atoms with E-state index in [0.717, 1.165) is 22.4 Å². The molecule has 0 aliphatic rings. The number of anilines is 1. The van der Waals surface area contributed by atoms with E-state index in [1.807, 2.05) is 37.3 Å². The Hall–Kier alpha value is -2.29. The zero-order valence-electron chi connectivity index (χ0n) is 9.60. The van der Waals surface area contributed by atoms with Gasteiger partial charge >= 0.3 is 0 Å². The van der Waals surface area contributed by atoms with Crippen LogP contribution in [0.2, 0.25) is 0 Å². The first-order chi connectivity index (χ1) is 8.09. The lowest BCUT2D eigenvalue weighted by Gasteiger charge is -2.09. The van der Waals surface area contributed by atoms with Crippen LogP contribution >= 0.6 is 0 Å². The maximum absolute atomic E-state index is 11.1. The SMILES string of the molecule is Cc1c(N)cccc1-c1cccc(C(N)=O)c1. The van der Waals surface area contributed by atoms with Gasteiger partial charge in [-0.1, -0.05) is 24.3 Å². The second-order valence-electron chi connectivity index (χ2n) is 3.96. The van der Waals surface area contributed by atoms with Gasteiger partial charge in [-0.2, -0.15) is 0 Å². The third-order valence-electron chi connectivity index (χ3n) is 2.83. The van der Waals surface area contributed by atoms with Crippen molar-refractivity contribution in [1.29, 1.82) is 0 Å². The summed E-state index contributed by atoms with van der Waals surface area (Å²) in [5.74, 6) is -0.423. The second-order valence-corrected chi connectivity index (χ2v) is 3.96. The molecule has 3 heteroatoms. The molecule has 0 aliphatic carbocycles. The summed E-state index contributed by atoms with van der Waals surface area (Å²) in [6, 6.07) is 13.0. The van der Waals surface area contributed by atoms with Crippen molar-refractivity contribution in [2.45, 2.75) is 6.92 Å². The highest BCUT2D eigenvalue weighted by molar-refractivity contribution is 5.94. The van der Waals surface area contributed by atoms with Gasteiger partial charge in [0.05, 0.1) is 0 Å². The van der Waals surface area contributed by atoms with E-state index >= 15 is 0 Å². The summed E-state index contributed by atoms with van der Waals surface area (Å²) in [6.45, 7) is 1.96. The Balaban J connectivity index is 2.57. The average molecular weight is 226 g/mol. The summed E-state index contributed by atoms with van der Waals surface area (Å²) in [5, 5.41) is 0. The predicted octanol–water partition coefficient (Wildman–Crippen LogP) is 2.34. The van der Waals surface area contributed by atoms with E-state index in [0.29, 0.717) is 5.56 Å². The average Bonchev–Trinajstić information content (AvgIpc) is 2.33. The Morgan fingerprint density at radius 2 is 1.82 bits per heavy atom. The van der Waals surface area contributed by atoms with Gasteiger partial charge in [-0.3, -0.25) is 4.79 Å². The molecular formula is C14H14N2O. The lowest BCUT2D eigenvalue weighted by atomic mass is 9.98. The third kappa shape index (κ3) is 2.13. The van der Waals surface area contributed by atoms with Crippen molar-refractivity contribution in [3.8, 4) is 11.1 Å². The van der Waals surface area contributed by atoms with Crippen molar-refractivity contribution in [2.75, 3.05) is 5.73 Å². The molecule has 0 heterocycles. The van der Waals surface area contributed by atoms with E-state index in [1.54, 1.807) is 12.1 Å². The van der Waals surface area contributed by atoms with Crippen molar-refractivity contribution >= 4 is 11.6 Å². The minimum Gasteiger partial charge on any atom is -0.398 e. The maximum Gasteiger partial charge on any atom is 0.248 e. The predicted molar refractivity (Wildman–Crippen MR) is 69.5 cm³/mol. The van der Waals surface area contributed by atoms with E-state index < -0.39 is 5.91 Å². The lowest BCUT2D eigenvalue weighted by Crippen LogP contribution is -2.10. The van der Waals surface area contributed by atoms with Crippen LogP contribution in [0.1, 0.15) is 15.9 Å². The highest BCUT2D eigenvalue weighted by Crippen LogP contribution is 2.27. The fourth-order valence-corrected chi connectivity index (χ4v) is 1.81. The van der Waals surface area contributed by atoms with Crippen molar-refractivity contribution in [2.24, 2.45) is 5.73 Å². The van der Waals surface area contributed by atoms with Gasteiger partial charge in [0.15, 0.2) is 0 Å². The normalized spacial score (nSPS) is 10.2. The van der Waals surface area contributed by atoms with E-state index in [4.69, 9.17) is 11.5 Å². The van der Waals surface area contributed by atoms with Gasteiger partial charge in [0.2, 0.25) is 5.91 Å². The molecule has 0 saturated heterocycles. The van der Waals surface area contributed by atoms with Crippen LogP contribution in [-0.4, -0.2) is 5.91 Å². The van der Waals surface area contributed by atoms with Gasteiger partial charge in [-0.15, -0.1) is 0 Å². The molecule has 2 aromatic carbocycles. The van der Waals surface area contributed by atoms with Gasteiger partial charge in [-0.05, 0) is 41.8 Å². The molecule has 0 atom stereocenters. The van der Waals surface area contributed by atoms with E-state index in [9.17, 15) is 4.79 Å². The number of nitrogens with two attached hydrogens (primary N) is 2. The molecule has 3 nitrogen and oxygen atoms in total. The summed E-state index contributed by atoms with van der Waals surface area (Å²) in [6.07, 6.45) is 0. The zero-order valence-corrected chi connectivity index (χ0v) is 9.60. The Labute approximate surface area is 100 Å². The number of benzene rings is 2. The standard InChI is InChI=1S/C14H14N2O/c1-9-12(6-3-7-13(9)15)10-4-2-5-11(8-10)14(16)17/h2-8H,15H2,1H3,(H2,16,17). The molecular weight excluding hydrogens is 212 g/mol. The highest BCUT2D eigenvalue weighted by Gasteiger charge is 2.06. The van der Waals surface area contributed by atoms with Gasteiger partial charge < -0.3 is 11.5 Å². The van der Waals surface area contributed by atoms with Crippen LogP contribution in [0, 0.1) is 6.92 Å². The van der Waals surface area contributed by atoms with Crippen LogP contribution in [0.5, 0.6) is 0 Å². The van der Waals surface area contributed by atoms with Crippen LogP contribution in [0.4, 0.5) is 5.69 Å². The van der Waals surface area contributed by atoms with Gasteiger partial charge in [0.25, 0.3) is 0 Å². The van der Waals surface area contributed by atoms with Crippen LogP contribution in [0.15, 0.2) is 42.5 Å². The van der Waals surface area contributed by atoms with E-state index in [2.05, 4.69) is 0 Å². The van der Waals surface area contributed by atoms with Crippen molar-refractivity contribution in [3.05, 3.63) is 53.6 Å². The van der Waals surface area contributed by atoms with Gasteiger partial charge in [0.1, 0.15) is 0 Å². The molecule has 2 aromatic rings. The van der Waals surface area contributed by atoms with Crippen molar-refractivity contribution < 1.29 is 4.79 Å². The zero-order chi connectivity index (χ0) is 12.4. The second kappa shape index (κ2) is 4.29. The van der Waals surface area contributed by atoms with Crippen LogP contribution in [0.25, 0.3) is 11.1 Å². The third-order valence-corrected chi connectivity index (χ3v) is 2.83. The summed E-state index contributed by atoms with van der Waals surface area (Å²) in [7, 11) is 0. The Bertz CT molecular complexity index is 576. The number of rotatable bonds is 2. The molecule has 0 bridgehead atoms. The molecule has 0 aromatic heterocycles. The molecule has 1 amide bonds. The van der Waals surface area contributed by atoms with Crippen LogP contribution in [-0.2, 0) is 0 Å². The molecule has 0 radical (unpaired) electrons. The highest BCUT2D eigenvalue weighted by atomic mass is 16.1. The monoisotopic (exact) mass is 226 g/mol. The number of hydrogen-bond acceptors (Lipinski definition) is 2. The molecule has 0 spiro atoms.